The summed E-state index contributed by atoms with van der Waals surface area (Å²) in [5, 5.41) is 9.27. The molecule has 0 unspecified atom stereocenters. The molecule has 0 aliphatic carbocycles. The minimum absolute atomic E-state index is 0.0511. The summed E-state index contributed by atoms with van der Waals surface area (Å²) in [7, 11) is 0. The van der Waals surface area contributed by atoms with Gasteiger partial charge >= 0.3 is 5.97 Å². The molecule has 1 heterocycles. The van der Waals surface area contributed by atoms with Crippen molar-refractivity contribution in [2.45, 2.75) is 0 Å². The fourth-order valence-corrected chi connectivity index (χ4v) is 2.19. The Morgan fingerprint density at radius 2 is 1.33 bits per heavy atom. The number of aromatic carboxylic acids is 1. The van der Waals surface area contributed by atoms with Gasteiger partial charge in [-0.25, -0.2) is 9.78 Å². The summed E-state index contributed by atoms with van der Waals surface area (Å²) in [6, 6.07) is 22.8. The van der Waals surface area contributed by atoms with E-state index < -0.39 is 5.97 Å². The Hall–Kier alpha value is -2.94. The van der Waals surface area contributed by atoms with Gasteiger partial charge in [-0.05, 0) is 23.3 Å². The molecule has 3 heteroatoms. The molecule has 0 spiro atoms. The summed E-state index contributed by atoms with van der Waals surface area (Å²) in [4.78, 5) is 15.5. The molecule has 21 heavy (non-hydrogen) atoms. The van der Waals surface area contributed by atoms with E-state index in [9.17, 15) is 9.90 Å². The number of nitrogens with zero attached hydrogens (tertiary/aromatic N) is 1. The molecule has 0 atom stereocenters. The maximum atomic E-state index is 11.3. The molecule has 1 N–H and O–H groups in total. The molecule has 0 radical (unpaired) electrons. The SMILES string of the molecule is O=C(O)c1cc(-c2ccccc2)cc(-c2ccccc2)n1. The van der Waals surface area contributed by atoms with Crippen LogP contribution in [-0.2, 0) is 0 Å². The van der Waals surface area contributed by atoms with Gasteiger partial charge in [0.15, 0.2) is 0 Å². The van der Waals surface area contributed by atoms with Crippen LogP contribution in [0.3, 0.4) is 0 Å². The Morgan fingerprint density at radius 3 is 1.90 bits per heavy atom. The van der Waals surface area contributed by atoms with Crippen LogP contribution in [0.25, 0.3) is 22.4 Å². The molecule has 3 nitrogen and oxygen atoms in total. The molecule has 102 valence electrons. The number of carbonyl (C=O) groups is 1. The van der Waals surface area contributed by atoms with Crippen LogP contribution in [0.5, 0.6) is 0 Å². The van der Waals surface area contributed by atoms with Gasteiger partial charge in [0, 0.05) is 5.56 Å². The second-order valence-corrected chi connectivity index (χ2v) is 4.66. The molecular weight excluding hydrogens is 262 g/mol. The minimum atomic E-state index is -1.02. The largest absolute Gasteiger partial charge is 0.477 e. The number of hydrogen-bond acceptors (Lipinski definition) is 2. The number of rotatable bonds is 3. The molecule has 0 fully saturated rings. The average Bonchev–Trinajstić information content (AvgIpc) is 2.56. The number of carboxylic acid groups (broad SMARTS) is 1. The van der Waals surface area contributed by atoms with Crippen molar-refractivity contribution in [1.82, 2.24) is 4.98 Å². The number of aromatic nitrogens is 1. The topological polar surface area (TPSA) is 50.2 Å². The smallest absolute Gasteiger partial charge is 0.354 e. The third-order valence-corrected chi connectivity index (χ3v) is 3.22. The van der Waals surface area contributed by atoms with Crippen molar-refractivity contribution < 1.29 is 9.90 Å². The van der Waals surface area contributed by atoms with Crippen molar-refractivity contribution >= 4 is 5.97 Å². The molecule has 1 aromatic heterocycles. The van der Waals surface area contributed by atoms with Gasteiger partial charge in [0.05, 0.1) is 5.69 Å². The lowest BCUT2D eigenvalue weighted by molar-refractivity contribution is 0.0690. The zero-order valence-corrected chi connectivity index (χ0v) is 11.2. The van der Waals surface area contributed by atoms with Crippen molar-refractivity contribution in [2.75, 3.05) is 0 Å². The number of hydrogen-bond donors (Lipinski definition) is 1. The van der Waals surface area contributed by atoms with Crippen LogP contribution in [0.15, 0.2) is 72.8 Å². The van der Waals surface area contributed by atoms with E-state index in [0.29, 0.717) is 5.69 Å². The Labute approximate surface area is 122 Å². The molecule has 0 bridgehead atoms. The molecule has 3 rings (SSSR count). The van der Waals surface area contributed by atoms with E-state index in [2.05, 4.69) is 4.98 Å². The van der Waals surface area contributed by atoms with Crippen LogP contribution in [0.4, 0.5) is 0 Å². The van der Waals surface area contributed by atoms with Gasteiger partial charge in [0.25, 0.3) is 0 Å². The molecule has 2 aromatic carbocycles. The summed E-state index contributed by atoms with van der Waals surface area (Å²) < 4.78 is 0. The lowest BCUT2D eigenvalue weighted by Crippen LogP contribution is -2.02. The lowest BCUT2D eigenvalue weighted by Gasteiger charge is -2.07. The highest BCUT2D eigenvalue weighted by Crippen LogP contribution is 2.25. The Balaban J connectivity index is 2.18. The normalized spacial score (nSPS) is 10.3. The Morgan fingerprint density at radius 1 is 0.762 bits per heavy atom. The highest BCUT2D eigenvalue weighted by atomic mass is 16.4. The van der Waals surface area contributed by atoms with Gasteiger partial charge in [-0.3, -0.25) is 0 Å². The van der Waals surface area contributed by atoms with Crippen molar-refractivity contribution in [1.29, 1.82) is 0 Å². The quantitative estimate of drug-likeness (QED) is 0.782. The van der Waals surface area contributed by atoms with E-state index >= 15 is 0 Å². The standard InChI is InChI=1S/C18H13NO2/c20-18(21)17-12-15(13-7-3-1-4-8-13)11-16(19-17)14-9-5-2-6-10-14/h1-12H,(H,20,21). The predicted octanol–water partition coefficient (Wildman–Crippen LogP) is 4.11. The van der Waals surface area contributed by atoms with Crippen LogP contribution < -0.4 is 0 Å². The molecule has 3 aromatic rings. The minimum Gasteiger partial charge on any atom is -0.477 e. The molecule has 0 aliphatic heterocycles. The van der Waals surface area contributed by atoms with Crippen LogP contribution in [0, 0.1) is 0 Å². The van der Waals surface area contributed by atoms with E-state index in [1.165, 1.54) is 0 Å². The first kappa shape index (κ1) is 13.1. The lowest BCUT2D eigenvalue weighted by atomic mass is 10.0. The van der Waals surface area contributed by atoms with Gasteiger partial charge in [-0.2, -0.15) is 0 Å². The molecule has 0 aliphatic rings. The van der Waals surface area contributed by atoms with Crippen molar-refractivity contribution in [3.63, 3.8) is 0 Å². The summed E-state index contributed by atoms with van der Waals surface area (Å²) in [5.41, 5.74) is 3.43. The summed E-state index contributed by atoms with van der Waals surface area (Å²) in [5.74, 6) is -1.02. The third-order valence-electron chi connectivity index (χ3n) is 3.22. The summed E-state index contributed by atoms with van der Waals surface area (Å²) in [6.45, 7) is 0. The predicted molar refractivity (Wildman–Crippen MR) is 82.1 cm³/mol. The summed E-state index contributed by atoms with van der Waals surface area (Å²) in [6.07, 6.45) is 0. The maximum absolute atomic E-state index is 11.3. The zero-order valence-electron chi connectivity index (χ0n) is 11.2. The van der Waals surface area contributed by atoms with E-state index in [-0.39, 0.29) is 5.69 Å². The fraction of sp³-hybridized carbons (Fsp3) is 0. The van der Waals surface area contributed by atoms with Gasteiger partial charge < -0.3 is 5.11 Å². The maximum Gasteiger partial charge on any atom is 0.354 e. The first-order chi connectivity index (χ1) is 10.2. The highest BCUT2D eigenvalue weighted by Gasteiger charge is 2.11. The second kappa shape index (κ2) is 5.59. The van der Waals surface area contributed by atoms with E-state index in [4.69, 9.17) is 0 Å². The first-order valence-electron chi connectivity index (χ1n) is 6.60. The first-order valence-corrected chi connectivity index (χ1v) is 6.60. The number of carboxylic acids is 1. The molecule has 0 saturated heterocycles. The zero-order chi connectivity index (χ0) is 14.7. The highest BCUT2D eigenvalue weighted by molar-refractivity contribution is 5.88. The Bertz CT molecular complexity index is 710. The van der Waals surface area contributed by atoms with E-state index in [1.54, 1.807) is 6.07 Å². The number of benzene rings is 2. The average molecular weight is 275 g/mol. The van der Waals surface area contributed by atoms with Crippen LogP contribution in [-0.4, -0.2) is 16.1 Å². The third kappa shape index (κ3) is 2.82. The van der Waals surface area contributed by atoms with Crippen LogP contribution in [0.1, 0.15) is 10.5 Å². The Kier molecular flexibility index (Phi) is 3.48. The summed E-state index contributed by atoms with van der Waals surface area (Å²) >= 11 is 0. The van der Waals surface area contributed by atoms with Crippen LogP contribution in [0.2, 0.25) is 0 Å². The van der Waals surface area contributed by atoms with Gasteiger partial charge in [0.1, 0.15) is 5.69 Å². The second-order valence-electron chi connectivity index (χ2n) is 4.66. The monoisotopic (exact) mass is 275 g/mol. The number of pyridine rings is 1. The fourth-order valence-electron chi connectivity index (χ4n) is 2.19. The van der Waals surface area contributed by atoms with Gasteiger partial charge in [-0.1, -0.05) is 60.7 Å². The molecular formula is C18H13NO2. The van der Waals surface area contributed by atoms with Gasteiger partial charge in [0.2, 0.25) is 0 Å². The van der Waals surface area contributed by atoms with Crippen molar-refractivity contribution in [3.8, 4) is 22.4 Å². The van der Waals surface area contributed by atoms with E-state index in [1.807, 2.05) is 66.7 Å². The van der Waals surface area contributed by atoms with Gasteiger partial charge in [-0.15, -0.1) is 0 Å². The molecule has 0 amide bonds. The van der Waals surface area contributed by atoms with Crippen molar-refractivity contribution in [2.24, 2.45) is 0 Å². The molecule has 0 saturated carbocycles. The van der Waals surface area contributed by atoms with E-state index in [0.717, 1.165) is 16.7 Å². The van der Waals surface area contributed by atoms with Crippen molar-refractivity contribution in [3.05, 3.63) is 78.5 Å². The van der Waals surface area contributed by atoms with Crippen LogP contribution >= 0.6 is 0 Å².